The molecule has 3 heteroatoms. The summed E-state index contributed by atoms with van der Waals surface area (Å²) in [5, 5.41) is 0. The van der Waals surface area contributed by atoms with Crippen molar-refractivity contribution in [1.82, 2.24) is 14.7 Å². The highest BCUT2D eigenvalue weighted by atomic mass is 15.3. The fourth-order valence-electron chi connectivity index (χ4n) is 4.75. The van der Waals surface area contributed by atoms with Crippen LogP contribution in [0.1, 0.15) is 60.3 Å². The van der Waals surface area contributed by atoms with Gasteiger partial charge >= 0.3 is 0 Å². The first-order valence-electron chi connectivity index (χ1n) is 10.3. The van der Waals surface area contributed by atoms with Crippen molar-refractivity contribution in [2.45, 2.75) is 66.3 Å². The SMILES string of the molecule is CC.CCN1CCC(CN2CCCC3(C2)CN(C(C)C)C3)CC1. The first kappa shape index (κ1) is 19.2. The normalized spacial score (nSPS) is 26.9. The molecule has 0 aromatic rings. The molecule has 0 atom stereocenters. The second-order valence-corrected chi connectivity index (χ2v) is 8.22. The number of piperidine rings is 2. The first-order chi connectivity index (χ1) is 11.1. The summed E-state index contributed by atoms with van der Waals surface area (Å²) in [5.74, 6) is 0.962. The van der Waals surface area contributed by atoms with Crippen LogP contribution >= 0.6 is 0 Å². The lowest BCUT2D eigenvalue weighted by atomic mass is 9.72. The van der Waals surface area contributed by atoms with Gasteiger partial charge in [-0.3, -0.25) is 4.90 Å². The summed E-state index contributed by atoms with van der Waals surface area (Å²) in [7, 11) is 0. The molecule has 0 N–H and O–H groups in total. The van der Waals surface area contributed by atoms with Crippen molar-refractivity contribution in [3.05, 3.63) is 0 Å². The molecule has 3 aliphatic heterocycles. The van der Waals surface area contributed by atoms with Crippen LogP contribution in [0.2, 0.25) is 0 Å². The summed E-state index contributed by atoms with van der Waals surface area (Å²) >= 11 is 0. The van der Waals surface area contributed by atoms with Gasteiger partial charge in [-0.2, -0.15) is 0 Å². The van der Waals surface area contributed by atoms with Gasteiger partial charge in [-0.15, -0.1) is 0 Å². The van der Waals surface area contributed by atoms with E-state index in [9.17, 15) is 0 Å². The Labute approximate surface area is 145 Å². The molecule has 0 amide bonds. The average molecular weight is 324 g/mol. The zero-order chi connectivity index (χ0) is 16.9. The lowest BCUT2D eigenvalue weighted by Crippen LogP contribution is -2.64. The van der Waals surface area contributed by atoms with E-state index in [-0.39, 0.29) is 0 Å². The van der Waals surface area contributed by atoms with Gasteiger partial charge in [0.1, 0.15) is 0 Å². The minimum absolute atomic E-state index is 0.659. The quantitative estimate of drug-likeness (QED) is 0.783. The van der Waals surface area contributed by atoms with Gasteiger partial charge in [0.2, 0.25) is 0 Å². The van der Waals surface area contributed by atoms with Crippen LogP contribution < -0.4 is 0 Å². The second kappa shape index (κ2) is 8.82. The highest BCUT2D eigenvalue weighted by Crippen LogP contribution is 2.40. The fourth-order valence-corrected chi connectivity index (χ4v) is 4.75. The Balaban J connectivity index is 0.000000924. The molecule has 0 radical (unpaired) electrons. The molecule has 23 heavy (non-hydrogen) atoms. The summed E-state index contributed by atoms with van der Waals surface area (Å²) in [5.41, 5.74) is 0.659. The Bertz CT molecular complexity index is 328. The van der Waals surface area contributed by atoms with Crippen molar-refractivity contribution in [2.75, 3.05) is 52.4 Å². The van der Waals surface area contributed by atoms with Gasteiger partial charge in [0.15, 0.2) is 0 Å². The molecule has 136 valence electrons. The van der Waals surface area contributed by atoms with Gasteiger partial charge < -0.3 is 9.80 Å². The summed E-state index contributed by atoms with van der Waals surface area (Å²) in [4.78, 5) is 8.08. The lowest BCUT2D eigenvalue weighted by Gasteiger charge is -2.56. The van der Waals surface area contributed by atoms with E-state index in [2.05, 4.69) is 35.5 Å². The van der Waals surface area contributed by atoms with E-state index >= 15 is 0 Å². The van der Waals surface area contributed by atoms with Gasteiger partial charge in [0, 0.05) is 37.6 Å². The lowest BCUT2D eigenvalue weighted by molar-refractivity contribution is -0.0726. The maximum Gasteiger partial charge on any atom is 0.00855 e. The Morgan fingerprint density at radius 2 is 1.61 bits per heavy atom. The van der Waals surface area contributed by atoms with Crippen LogP contribution in [0.15, 0.2) is 0 Å². The van der Waals surface area contributed by atoms with E-state index < -0.39 is 0 Å². The van der Waals surface area contributed by atoms with Crippen molar-refractivity contribution in [1.29, 1.82) is 0 Å². The predicted molar refractivity (Wildman–Crippen MR) is 101 cm³/mol. The number of hydrogen-bond acceptors (Lipinski definition) is 3. The van der Waals surface area contributed by atoms with E-state index in [1.807, 2.05) is 13.8 Å². The van der Waals surface area contributed by atoms with Gasteiger partial charge in [-0.25, -0.2) is 0 Å². The van der Waals surface area contributed by atoms with Crippen LogP contribution in [0.4, 0.5) is 0 Å². The van der Waals surface area contributed by atoms with Crippen LogP contribution in [-0.2, 0) is 0 Å². The molecule has 3 nitrogen and oxygen atoms in total. The van der Waals surface area contributed by atoms with E-state index in [0.717, 1.165) is 12.0 Å². The minimum Gasteiger partial charge on any atom is -0.304 e. The Hall–Kier alpha value is -0.120. The molecular weight excluding hydrogens is 282 g/mol. The Morgan fingerprint density at radius 1 is 0.957 bits per heavy atom. The smallest absolute Gasteiger partial charge is 0.00855 e. The third kappa shape index (κ3) is 4.93. The van der Waals surface area contributed by atoms with Crippen LogP contribution in [0.5, 0.6) is 0 Å². The Morgan fingerprint density at radius 3 is 2.17 bits per heavy atom. The highest BCUT2D eigenvalue weighted by molar-refractivity contribution is 5.00. The highest BCUT2D eigenvalue weighted by Gasteiger charge is 2.46. The molecule has 0 aliphatic carbocycles. The van der Waals surface area contributed by atoms with Crippen LogP contribution in [-0.4, -0.2) is 73.1 Å². The molecule has 0 saturated carbocycles. The maximum absolute atomic E-state index is 2.81. The number of likely N-dealkylation sites (tertiary alicyclic amines) is 3. The average Bonchev–Trinajstić information content (AvgIpc) is 2.55. The molecule has 3 saturated heterocycles. The number of nitrogens with zero attached hydrogens (tertiary/aromatic N) is 3. The molecule has 1 spiro atoms. The summed E-state index contributed by atoms with van der Waals surface area (Å²) < 4.78 is 0. The zero-order valence-electron chi connectivity index (χ0n) is 16.5. The van der Waals surface area contributed by atoms with Crippen LogP contribution in [0, 0.1) is 11.3 Å². The molecule has 3 rings (SSSR count). The van der Waals surface area contributed by atoms with Crippen LogP contribution in [0.25, 0.3) is 0 Å². The summed E-state index contributed by atoms with van der Waals surface area (Å²) in [6, 6.07) is 0.740. The van der Waals surface area contributed by atoms with Crippen molar-refractivity contribution in [3.8, 4) is 0 Å². The molecular formula is C20H41N3. The fraction of sp³-hybridized carbons (Fsp3) is 1.00. The summed E-state index contributed by atoms with van der Waals surface area (Å²) in [6.45, 7) is 21.7. The zero-order valence-corrected chi connectivity index (χ0v) is 16.5. The standard InChI is InChI=1S/C18H35N3.C2H6/c1-4-19-10-6-17(7-11-19)12-20-9-5-8-18(13-20)14-21(15-18)16(2)3;1-2/h16-17H,4-15H2,1-3H3;1-2H3. The van der Waals surface area contributed by atoms with E-state index in [1.54, 1.807) is 0 Å². The van der Waals surface area contributed by atoms with Crippen molar-refractivity contribution >= 4 is 0 Å². The molecule has 3 aliphatic rings. The van der Waals surface area contributed by atoms with E-state index in [1.165, 1.54) is 78.0 Å². The van der Waals surface area contributed by atoms with E-state index in [0.29, 0.717) is 5.41 Å². The first-order valence-corrected chi connectivity index (χ1v) is 10.3. The van der Waals surface area contributed by atoms with E-state index in [4.69, 9.17) is 0 Å². The minimum atomic E-state index is 0.659. The second-order valence-electron chi connectivity index (χ2n) is 8.22. The van der Waals surface area contributed by atoms with Gasteiger partial charge in [-0.1, -0.05) is 20.8 Å². The van der Waals surface area contributed by atoms with Gasteiger partial charge in [0.05, 0.1) is 0 Å². The number of rotatable bonds is 4. The topological polar surface area (TPSA) is 9.72 Å². The van der Waals surface area contributed by atoms with Crippen molar-refractivity contribution in [3.63, 3.8) is 0 Å². The van der Waals surface area contributed by atoms with Gasteiger partial charge in [0.25, 0.3) is 0 Å². The molecule has 0 aromatic carbocycles. The third-order valence-electron chi connectivity index (χ3n) is 6.22. The monoisotopic (exact) mass is 323 g/mol. The largest absolute Gasteiger partial charge is 0.304 e. The molecule has 3 heterocycles. The molecule has 0 unspecified atom stereocenters. The van der Waals surface area contributed by atoms with Crippen molar-refractivity contribution in [2.24, 2.45) is 11.3 Å². The molecule has 0 aromatic heterocycles. The van der Waals surface area contributed by atoms with Crippen LogP contribution in [0.3, 0.4) is 0 Å². The predicted octanol–water partition coefficient (Wildman–Crippen LogP) is 3.55. The summed E-state index contributed by atoms with van der Waals surface area (Å²) in [6.07, 6.45) is 5.76. The van der Waals surface area contributed by atoms with Gasteiger partial charge in [-0.05, 0) is 71.6 Å². The third-order valence-corrected chi connectivity index (χ3v) is 6.22. The number of hydrogen-bond donors (Lipinski definition) is 0. The molecule has 0 bridgehead atoms. The Kier molecular flexibility index (Phi) is 7.37. The van der Waals surface area contributed by atoms with Crippen molar-refractivity contribution < 1.29 is 0 Å². The molecule has 3 fully saturated rings. The maximum atomic E-state index is 2.81.